The van der Waals surface area contributed by atoms with Gasteiger partial charge in [0.15, 0.2) is 11.5 Å². The first-order chi connectivity index (χ1) is 13.4. The minimum absolute atomic E-state index is 0.0569. The molecule has 6 nitrogen and oxygen atoms in total. The number of nitrogens with zero attached hydrogens (tertiary/aromatic N) is 1. The second-order valence-electron chi connectivity index (χ2n) is 7.26. The zero-order valence-electron chi connectivity index (χ0n) is 16.6. The molecule has 7 heteroatoms. The molecule has 1 aliphatic rings. The Morgan fingerprint density at radius 1 is 1.21 bits per heavy atom. The van der Waals surface area contributed by atoms with Gasteiger partial charge in [0, 0.05) is 24.4 Å². The summed E-state index contributed by atoms with van der Waals surface area (Å²) in [5, 5.41) is 10.2. The van der Waals surface area contributed by atoms with Gasteiger partial charge in [-0.25, -0.2) is 13.1 Å². The molecule has 0 aromatic heterocycles. The lowest BCUT2D eigenvalue weighted by Crippen LogP contribution is -2.52. The van der Waals surface area contributed by atoms with Crippen LogP contribution in [-0.4, -0.2) is 32.7 Å². The number of aromatic hydroxyl groups is 1. The van der Waals surface area contributed by atoms with Crippen LogP contribution in [0.25, 0.3) is 0 Å². The molecule has 152 valence electrons. The number of rotatable bonds is 6. The van der Waals surface area contributed by atoms with Gasteiger partial charge in [-0.05, 0) is 25.0 Å². The predicted molar refractivity (Wildman–Crippen MR) is 111 cm³/mol. The first-order valence-electron chi connectivity index (χ1n) is 9.63. The van der Waals surface area contributed by atoms with E-state index in [1.54, 1.807) is 6.07 Å². The topological polar surface area (TPSA) is 78.9 Å². The maximum Gasteiger partial charge on any atom is 0.243 e. The fraction of sp³-hybridized carbons (Fsp3) is 0.429. The van der Waals surface area contributed by atoms with Crippen LogP contribution >= 0.6 is 0 Å². The second kappa shape index (κ2) is 8.01. The smallest absolute Gasteiger partial charge is 0.243 e. The van der Waals surface area contributed by atoms with Crippen LogP contribution in [0.15, 0.2) is 47.4 Å². The molecule has 0 saturated carbocycles. The van der Waals surface area contributed by atoms with Crippen molar-refractivity contribution in [2.24, 2.45) is 0 Å². The van der Waals surface area contributed by atoms with Crippen molar-refractivity contribution >= 4 is 21.4 Å². The fourth-order valence-corrected chi connectivity index (χ4v) is 5.43. The maximum atomic E-state index is 13.3. The Hall–Kier alpha value is -2.25. The molecule has 0 fully saturated rings. The van der Waals surface area contributed by atoms with Gasteiger partial charge in [-0.2, -0.15) is 0 Å². The standard InChI is InChI=1S/C21H28N2O4S/c1-4-6-12-21(5-2)15-23(16-10-8-7-9-11-16)17-13-19(27-3)18(24)14-20(17)28(25,26)22-21/h7-11,13-14,22,24H,4-6,12,15H2,1-3H3/t21-/m0/s1. The van der Waals surface area contributed by atoms with E-state index in [0.717, 1.165) is 24.9 Å². The van der Waals surface area contributed by atoms with Crippen LogP contribution in [0.2, 0.25) is 0 Å². The Bertz CT molecular complexity index is 931. The van der Waals surface area contributed by atoms with Gasteiger partial charge in [0.05, 0.1) is 18.3 Å². The highest BCUT2D eigenvalue weighted by atomic mass is 32.2. The largest absolute Gasteiger partial charge is 0.504 e. The van der Waals surface area contributed by atoms with Gasteiger partial charge in [-0.3, -0.25) is 0 Å². The second-order valence-corrected chi connectivity index (χ2v) is 8.91. The van der Waals surface area contributed by atoms with E-state index in [-0.39, 0.29) is 16.4 Å². The Labute approximate surface area is 167 Å². The number of hydrogen-bond donors (Lipinski definition) is 2. The number of phenols is 1. The minimum atomic E-state index is -3.82. The van der Waals surface area contributed by atoms with Crippen LogP contribution in [0, 0.1) is 0 Å². The summed E-state index contributed by atoms with van der Waals surface area (Å²) in [6, 6.07) is 12.6. The van der Waals surface area contributed by atoms with Crippen molar-refractivity contribution in [2.75, 3.05) is 18.6 Å². The number of hydrogen-bond acceptors (Lipinski definition) is 5. The highest BCUT2D eigenvalue weighted by Gasteiger charge is 2.41. The minimum Gasteiger partial charge on any atom is -0.504 e. The van der Waals surface area contributed by atoms with Gasteiger partial charge < -0.3 is 14.7 Å². The van der Waals surface area contributed by atoms with Crippen LogP contribution in [0.5, 0.6) is 11.5 Å². The molecule has 0 bridgehead atoms. The van der Waals surface area contributed by atoms with Crippen molar-refractivity contribution in [1.29, 1.82) is 0 Å². The molecule has 0 amide bonds. The molecule has 0 saturated heterocycles. The van der Waals surface area contributed by atoms with Crippen LogP contribution in [-0.2, 0) is 10.0 Å². The SMILES string of the molecule is CCCC[C@@]1(CC)CN(c2ccccc2)c2cc(OC)c(O)cc2S(=O)(=O)N1. The third-order valence-electron chi connectivity index (χ3n) is 5.41. The molecule has 2 aromatic rings. The molecule has 1 atom stereocenters. The molecule has 1 aliphatic heterocycles. The predicted octanol–water partition coefficient (Wildman–Crippen LogP) is 4.17. The van der Waals surface area contributed by atoms with E-state index in [1.807, 2.05) is 42.2 Å². The van der Waals surface area contributed by atoms with Gasteiger partial charge in [-0.15, -0.1) is 0 Å². The van der Waals surface area contributed by atoms with Crippen molar-refractivity contribution in [1.82, 2.24) is 4.72 Å². The van der Waals surface area contributed by atoms with Crippen molar-refractivity contribution in [3.05, 3.63) is 42.5 Å². The summed E-state index contributed by atoms with van der Waals surface area (Å²) in [5.41, 5.74) is 0.789. The number of anilines is 2. The normalized spacial score (nSPS) is 21.0. The average Bonchev–Trinajstić information content (AvgIpc) is 2.79. The quantitative estimate of drug-likeness (QED) is 0.755. The molecule has 2 N–H and O–H groups in total. The number of fused-ring (bicyclic) bond motifs is 1. The Morgan fingerprint density at radius 3 is 2.54 bits per heavy atom. The van der Waals surface area contributed by atoms with Gasteiger partial charge in [0.25, 0.3) is 0 Å². The molecule has 1 heterocycles. The number of methoxy groups -OCH3 is 1. The average molecular weight is 405 g/mol. The molecule has 0 unspecified atom stereocenters. The number of para-hydroxylation sites is 1. The fourth-order valence-electron chi connectivity index (χ4n) is 3.73. The van der Waals surface area contributed by atoms with E-state index < -0.39 is 15.6 Å². The van der Waals surface area contributed by atoms with Crippen LogP contribution in [0.3, 0.4) is 0 Å². The van der Waals surface area contributed by atoms with Crippen molar-refractivity contribution in [3.8, 4) is 11.5 Å². The molecule has 3 rings (SSSR count). The Balaban J connectivity index is 2.25. The molecule has 0 spiro atoms. The summed E-state index contributed by atoms with van der Waals surface area (Å²) in [4.78, 5) is 2.06. The number of unbranched alkanes of at least 4 members (excludes halogenated alkanes) is 1. The van der Waals surface area contributed by atoms with E-state index in [0.29, 0.717) is 18.7 Å². The highest BCUT2D eigenvalue weighted by Crippen LogP contribution is 2.43. The third-order valence-corrected chi connectivity index (χ3v) is 7.01. The lowest BCUT2D eigenvalue weighted by molar-refractivity contribution is 0.341. The Morgan fingerprint density at radius 2 is 1.93 bits per heavy atom. The van der Waals surface area contributed by atoms with Crippen molar-refractivity contribution in [2.45, 2.75) is 50.0 Å². The van der Waals surface area contributed by atoms with Gasteiger partial charge >= 0.3 is 0 Å². The van der Waals surface area contributed by atoms with E-state index in [4.69, 9.17) is 4.74 Å². The maximum absolute atomic E-state index is 13.3. The molecule has 0 aliphatic carbocycles. The van der Waals surface area contributed by atoms with Crippen LogP contribution in [0.1, 0.15) is 39.5 Å². The van der Waals surface area contributed by atoms with Gasteiger partial charge in [-0.1, -0.05) is 44.9 Å². The summed E-state index contributed by atoms with van der Waals surface area (Å²) >= 11 is 0. The first-order valence-corrected chi connectivity index (χ1v) is 11.1. The number of benzene rings is 2. The van der Waals surface area contributed by atoms with E-state index in [2.05, 4.69) is 11.6 Å². The van der Waals surface area contributed by atoms with E-state index >= 15 is 0 Å². The lowest BCUT2D eigenvalue weighted by Gasteiger charge is -2.36. The first kappa shape index (κ1) is 20.5. The summed E-state index contributed by atoms with van der Waals surface area (Å²) in [6.07, 6.45) is 3.30. The summed E-state index contributed by atoms with van der Waals surface area (Å²) in [5.74, 6) is 0.0460. The highest BCUT2D eigenvalue weighted by molar-refractivity contribution is 7.89. The lowest BCUT2D eigenvalue weighted by atomic mass is 9.89. The van der Waals surface area contributed by atoms with Crippen molar-refractivity contribution in [3.63, 3.8) is 0 Å². The molecular formula is C21H28N2O4S. The van der Waals surface area contributed by atoms with Gasteiger partial charge in [0.1, 0.15) is 4.90 Å². The summed E-state index contributed by atoms with van der Waals surface area (Å²) < 4.78 is 34.7. The molecule has 2 aromatic carbocycles. The summed E-state index contributed by atoms with van der Waals surface area (Å²) in [7, 11) is -2.37. The number of phenolic OH excluding ortho intramolecular Hbond substituents is 1. The Kier molecular flexibility index (Phi) is 5.86. The number of sulfonamides is 1. The number of ether oxygens (including phenoxy) is 1. The van der Waals surface area contributed by atoms with E-state index in [9.17, 15) is 13.5 Å². The third kappa shape index (κ3) is 3.82. The van der Waals surface area contributed by atoms with Crippen molar-refractivity contribution < 1.29 is 18.3 Å². The van der Waals surface area contributed by atoms with Crippen LogP contribution in [0.4, 0.5) is 11.4 Å². The number of nitrogens with one attached hydrogen (secondary N) is 1. The van der Waals surface area contributed by atoms with Crippen LogP contribution < -0.4 is 14.4 Å². The summed E-state index contributed by atoms with van der Waals surface area (Å²) in [6.45, 7) is 4.60. The molecular weight excluding hydrogens is 376 g/mol. The zero-order chi connectivity index (χ0) is 20.4. The zero-order valence-corrected chi connectivity index (χ0v) is 17.4. The molecule has 0 radical (unpaired) electrons. The van der Waals surface area contributed by atoms with E-state index in [1.165, 1.54) is 13.2 Å². The van der Waals surface area contributed by atoms with Gasteiger partial charge in [0.2, 0.25) is 10.0 Å². The molecule has 28 heavy (non-hydrogen) atoms. The monoisotopic (exact) mass is 404 g/mol.